The van der Waals surface area contributed by atoms with Crippen molar-refractivity contribution >= 4 is 27.5 Å². The van der Waals surface area contributed by atoms with Gasteiger partial charge in [-0.2, -0.15) is 0 Å². The third kappa shape index (κ3) is 13.4. The second kappa shape index (κ2) is 20.8. The zero-order chi connectivity index (χ0) is 37.6. The van der Waals surface area contributed by atoms with Crippen LogP contribution >= 0.6 is 11.6 Å². The summed E-state index contributed by atoms with van der Waals surface area (Å²) in [6.45, 7) is 8.93. The molecule has 0 spiro atoms. The van der Waals surface area contributed by atoms with Crippen LogP contribution in [0, 0.1) is 23.6 Å². The Balaban J connectivity index is 1.59. The fourth-order valence-electron chi connectivity index (χ4n) is 5.44. The van der Waals surface area contributed by atoms with Crippen molar-refractivity contribution in [3.8, 4) is 16.9 Å². The number of amides is 1. The van der Waals surface area contributed by atoms with Gasteiger partial charge in [-0.25, -0.2) is 17.5 Å². The minimum Gasteiger partial charge on any atom is -0.493 e. The van der Waals surface area contributed by atoms with Gasteiger partial charge in [0.15, 0.2) is 0 Å². The van der Waals surface area contributed by atoms with E-state index >= 15 is 0 Å². The monoisotopic (exact) mass is 749 g/mol. The van der Waals surface area contributed by atoms with Gasteiger partial charge in [0.05, 0.1) is 36.9 Å². The van der Waals surface area contributed by atoms with Gasteiger partial charge in [-0.15, -0.1) is 0 Å². The van der Waals surface area contributed by atoms with Crippen LogP contribution in [0.5, 0.6) is 5.75 Å². The second-order valence-electron chi connectivity index (χ2n) is 13.2. The van der Waals surface area contributed by atoms with Crippen LogP contribution in [0.3, 0.4) is 0 Å². The largest absolute Gasteiger partial charge is 0.493 e. The van der Waals surface area contributed by atoms with E-state index in [0.717, 1.165) is 16.7 Å². The zero-order valence-electron chi connectivity index (χ0n) is 30.1. The summed E-state index contributed by atoms with van der Waals surface area (Å²) in [7, 11) is -2.20. The molecule has 51 heavy (non-hydrogen) atoms. The summed E-state index contributed by atoms with van der Waals surface area (Å²) >= 11 is 5.91. The number of halogens is 2. The molecular formula is C38H53ClFN3O7S. The summed E-state index contributed by atoms with van der Waals surface area (Å²) < 4.78 is 59.0. The van der Waals surface area contributed by atoms with Crippen LogP contribution in [0.1, 0.15) is 52.5 Å². The number of nitrogens with one attached hydrogen (secondary N) is 2. The average molecular weight is 750 g/mol. The first-order chi connectivity index (χ1) is 24.2. The normalized spacial score (nSPS) is 14.9. The zero-order valence-corrected chi connectivity index (χ0v) is 31.7. The Hall–Kier alpha value is -3.10. The highest BCUT2D eigenvalue weighted by Crippen LogP contribution is 2.32. The second-order valence-corrected chi connectivity index (χ2v) is 15.4. The molecule has 0 radical (unpaired) electrons. The molecule has 0 unspecified atom stereocenters. The molecular weight excluding hydrogens is 697 g/mol. The number of sulfonamides is 1. The van der Waals surface area contributed by atoms with Crippen LogP contribution in [0.15, 0.2) is 71.6 Å². The van der Waals surface area contributed by atoms with Crippen molar-refractivity contribution in [2.45, 2.75) is 76.6 Å². The van der Waals surface area contributed by atoms with Gasteiger partial charge in [0.1, 0.15) is 11.6 Å². The van der Waals surface area contributed by atoms with Crippen molar-refractivity contribution in [3.63, 3.8) is 0 Å². The fraction of sp³-hybridized carbons (Fsp3) is 0.500. The van der Waals surface area contributed by atoms with E-state index in [-0.39, 0.29) is 54.6 Å². The molecule has 0 heterocycles. The van der Waals surface area contributed by atoms with Gasteiger partial charge >= 0.3 is 0 Å². The first kappa shape index (κ1) is 42.3. The molecule has 282 valence electrons. The molecule has 3 aromatic rings. The van der Waals surface area contributed by atoms with E-state index in [9.17, 15) is 22.7 Å². The molecule has 10 nitrogen and oxygen atoms in total. The lowest BCUT2D eigenvalue weighted by Gasteiger charge is -2.30. The third-order valence-electron chi connectivity index (χ3n) is 8.94. The topological polar surface area (TPSA) is 149 Å². The van der Waals surface area contributed by atoms with Crippen molar-refractivity contribution in [1.82, 2.24) is 10.0 Å². The van der Waals surface area contributed by atoms with Gasteiger partial charge in [0.2, 0.25) is 15.9 Å². The van der Waals surface area contributed by atoms with Gasteiger partial charge < -0.3 is 30.4 Å². The molecule has 0 saturated heterocycles. The van der Waals surface area contributed by atoms with E-state index in [1.807, 2.05) is 45.9 Å². The van der Waals surface area contributed by atoms with E-state index in [0.29, 0.717) is 36.8 Å². The van der Waals surface area contributed by atoms with Crippen LogP contribution in [0.25, 0.3) is 11.1 Å². The number of hydrogen-bond acceptors (Lipinski definition) is 8. The molecule has 1 amide bonds. The summed E-state index contributed by atoms with van der Waals surface area (Å²) in [5, 5.41) is 14.5. The third-order valence-corrected chi connectivity index (χ3v) is 10.6. The SMILES string of the molecule is CC[C@H](C)[C@@H](CNS(=O)(=O)c1ccc(Cl)cc1)NC(=O)[C@@H](C[C@H](O)[C@@H](N)COCc1ccc(-c2ccc(F)cc2)c(OCCCOC)c1)C(C)C. The maximum Gasteiger partial charge on any atom is 0.240 e. The first-order valence-electron chi connectivity index (χ1n) is 17.3. The quantitative estimate of drug-likeness (QED) is 0.0924. The standard InChI is InChI=1S/C38H53ClFN3O7S/c1-6-26(4)35(22-42-51(46,47)31-15-11-29(39)12-16-31)43-38(45)33(25(2)3)21-36(44)34(41)24-49-23-27-8-17-32(28-9-13-30(40)14-10-28)37(20-27)50-19-7-18-48-5/h8-17,20,25-26,33-36,42,44H,6-7,18-19,21-24,41H2,1-5H3,(H,43,45)/t26-,33-,34-,35+,36-/m0/s1. The minimum absolute atomic E-state index is 0.00276. The van der Waals surface area contributed by atoms with E-state index in [4.69, 9.17) is 31.5 Å². The lowest BCUT2D eigenvalue weighted by molar-refractivity contribution is -0.128. The number of methoxy groups -OCH3 is 1. The Morgan fingerprint density at radius 2 is 1.71 bits per heavy atom. The maximum atomic E-state index is 13.6. The lowest BCUT2D eigenvalue weighted by Crippen LogP contribution is -2.50. The van der Waals surface area contributed by atoms with E-state index in [1.54, 1.807) is 19.2 Å². The highest BCUT2D eigenvalue weighted by molar-refractivity contribution is 7.89. The molecule has 0 aliphatic rings. The Morgan fingerprint density at radius 1 is 1.02 bits per heavy atom. The summed E-state index contributed by atoms with van der Waals surface area (Å²) in [5.41, 5.74) is 8.79. The first-order valence-corrected chi connectivity index (χ1v) is 19.2. The molecule has 0 bridgehead atoms. The lowest BCUT2D eigenvalue weighted by atomic mass is 9.86. The summed E-state index contributed by atoms with van der Waals surface area (Å²) in [6.07, 6.45) is 0.475. The number of aliphatic hydroxyl groups excluding tert-OH is 1. The Morgan fingerprint density at radius 3 is 2.33 bits per heavy atom. The van der Waals surface area contributed by atoms with Gasteiger partial charge in [-0.1, -0.05) is 70.0 Å². The van der Waals surface area contributed by atoms with Gasteiger partial charge in [0.25, 0.3) is 0 Å². The number of benzene rings is 3. The van der Waals surface area contributed by atoms with Crippen molar-refractivity contribution < 1.29 is 36.9 Å². The van der Waals surface area contributed by atoms with Crippen LogP contribution in [0.2, 0.25) is 5.02 Å². The number of hydrogen-bond donors (Lipinski definition) is 4. The minimum atomic E-state index is -3.83. The molecule has 0 aliphatic heterocycles. The molecule has 5 atom stereocenters. The predicted molar refractivity (Wildman–Crippen MR) is 198 cm³/mol. The Labute approximate surface area is 307 Å². The number of nitrogens with two attached hydrogens (primary N) is 1. The van der Waals surface area contributed by atoms with Gasteiger partial charge in [-0.05, 0) is 71.8 Å². The summed E-state index contributed by atoms with van der Waals surface area (Å²) in [4.78, 5) is 13.6. The predicted octanol–water partition coefficient (Wildman–Crippen LogP) is 5.94. The number of ether oxygens (including phenoxy) is 3. The van der Waals surface area contributed by atoms with E-state index in [2.05, 4.69) is 10.0 Å². The van der Waals surface area contributed by atoms with Gasteiger partial charge in [-0.3, -0.25) is 4.79 Å². The number of carbonyl (C=O) groups is 1. The maximum absolute atomic E-state index is 13.6. The molecule has 3 rings (SSSR count). The average Bonchev–Trinajstić information content (AvgIpc) is 3.10. The van der Waals surface area contributed by atoms with E-state index in [1.165, 1.54) is 36.4 Å². The number of rotatable bonds is 22. The summed E-state index contributed by atoms with van der Waals surface area (Å²) in [5.74, 6) is -0.719. The van der Waals surface area contributed by atoms with Crippen molar-refractivity contribution in [1.29, 1.82) is 0 Å². The Kier molecular flexibility index (Phi) is 17.3. The van der Waals surface area contributed by atoms with Crippen molar-refractivity contribution in [3.05, 3.63) is 83.1 Å². The smallest absolute Gasteiger partial charge is 0.240 e. The molecule has 3 aromatic carbocycles. The van der Waals surface area contributed by atoms with Crippen LogP contribution < -0.4 is 20.5 Å². The van der Waals surface area contributed by atoms with Crippen LogP contribution in [0.4, 0.5) is 4.39 Å². The molecule has 0 aromatic heterocycles. The molecule has 0 saturated carbocycles. The number of carbonyl (C=O) groups excluding carboxylic acids is 1. The van der Waals surface area contributed by atoms with Crippen molar-refractivity contribution in [2.75, 3.05) is 33.5 Å². The van der Waals surface area contributed by atoms with Gasteiger partial charge in [0, 0.05) is 49.2 Å². The Bertz CT molecular complexity index is 1610. The molecule has 0 aliphatic carbocycles. The van der Waals surface area contributed by atoms with Crippen LogP contribution in [-0.2, 0) is 30.9 Å². The molecule has 13 heteroatoms. The molecule has 5 N–H and O–H groups in total. The van der Waals surface area contributed by atoms with Crippen molar-refractivity contribution in [2.24, 2.45) is 23.5 Å². The fourth-order valence-corrected chi connectivity index (χ4v) is 6.62. The number of aliphatic hydroxyl groups is 1. The van der Waals surface area contributed by atoms with Crippen LogP contribution in [-0.4, -0.2) is 71.1 Å². The highest BCUT2D eigenvalue weighted by atomic mass is 35.5. The highest BCUT2D eigenvalue weighted by Gasteiger charge is 2.31. The van der Waals surface area contributed by atoms with E-state index < -0.39 is 34.1 Å². The summed E-state index contributed by atoms with van der Waals surface area (Å²) in [6, 6.07) is 16.5. The molecule has 0 fully saturated rings.